The molecule has 2 aromatic rings. The van der Waals surface area contributed by atoms with Crippen LogP contribution in [0.25, 0.3) is 5.69 Å². The molecule has 0 saturated heterocycles. The van der Waals surface area contributed by atoms with E-state index in [1.165, 1.54) is 0 Å². The molecule has 5 heteroatoms. The third-order valence-electron chi connectivity index (χ3n) is 2.13. The molecule has 1 aromatic heterocycles. The topological polar surface area (TPSA) is 66.0 Å². The number of aromatic nitrogens is 3. The summed E-state index contributed by atoms with van der Waals surface area (Å²) in [6, 6.07) is 7.60. The molecule has 16 heavy (non-hydrogen) atoms. The Kier molecular flexibility index (Phi) is 3.16. The van der Waals surface area contributed by atoms with E-state index in [0.717, 1.165) is 17.1 Å². The van der Waals surface area contributed by atoms with Gasteiger partial charge in [-0.05, 0) is 31.2 Å². The van der Waals surface area contributed by atoms with Crippen LogP contribution in [0.2, 0.25) is 0 Å². The summed E-state index contributed by atoms with van der Waals surface area (Å²) in [6.45, 7) is 3.02. The van der Waals surface area contributed by atoms with Crippen LogP contribution in [0.4, 0.5) is 0 Å². The summed E-state index contributed by atoms with van der Waals surface area (Å²) in [4.78, 5) is 1.55. The van der Waals surface area contributed by atoms with Crippen molar-refractivity contribution in [1.82, 2.24) is 15.0 Å². The fraction of sp³-hybridized carbons (Fsp3) is 0.273. The highest BCUT2D eigenvalue weighted by Gasteiger charge is 2.01. The lowest BCUT2D eigenvalue weighted by molar-refractivity contribution is 0.340. The summed E-state index contributed by atoms with van der Waals surface area (Å²) < 4.78 is 5.35. The van der Waals surface area contributed by atoms with Gasteiger partial charge in [0.1, 0.15) is 5.75 Å². The first-order chi connectivity index (χ1) is 7.83. The fourth-order valence-electron chi connectivity index (χ4n) is 1.35. The van der Waals surface area contributed by atoms with Crippen LogP contribution in [0.3, 0.4) is 0 Å². The van der Waals surface area contributed by atoms with Crippen LogP contribution in [0.15, 0.2) is 30.5 Å². The summed E-state index contributed by atoms with van der Waals surface area (Å²) in [6.07, 6.45) is 1.66. The highest BCUT2D eigenvalue weighted by Crippen LogP contribution is 2.14. The molecule has 0 aliphatic rings. The standard InChI is InChI=1S/C11H14N4O/c1-2-16-11-5-3-10(4-6-11)15-13-8-9(7-12)14-15/h3-6,8H,2,7,12H2,1H3. The summed E-state index contributed by atoms with van der Waals surface area (Å²) in [5.74, 6) is 0.845. The van der Waals surface area contributed by atoms with Crippen molar-refractivity contribution in [2.75, 3.05) is 6.61 Å². The van der Waals surface area contributed by atoms with E-state index in [2.05, 4.69) is 10.2 Å². The first-order valence-electron chi connectivity index (χ1n) is 5.18. The number of nitrogens with two attached hydrogens (primary N) is 1. The number of hydrogen-bond donors (Lipinski definition) is 1. The highest BCUT2D eigenvalue weighted by atomic mass is 16.5. The molecule has 0 radical (unpaired) electrons. The second-order valence-electron chi connectivity index (χ2n) is 3.26. The zero-order valence-electron chi connectivity index (χ0n) is 9.13. The maximum absolute atomic E-state index is 5.47. The molecule has 5 nitrogen and oxygen atoms in total. The van der Waals surface area contributed by atoms with Gasteiger partial charge in [-0.2, -0.15) is 15.0 Å². The largest absolute Gasteiger partial charge is 0.494 e. The van der Waals surface area contributed by atoms with Crippen molar-refractivity contribution in [3.63, 3.8) is 0 Å². The van der Waals surface area contributed by atoms with E-state index in [1.54, 1.807) is 11.0 Å². The van der Waals surface area contributed by atoms with E-state index < -0.39 is 0 Å². The minimum atomic E-state index is 0.400. The molecule has 0 bridgehead atoms. The molecule has 0 atom stereocenters. The lowest BCUT2D eigenvalue weighted by Crippen LogP contribution is -2.01. The lowest BCUT2D eigenvalue weighted by Gasteiger charge is -2.03. The Morgan fingerprint density at radius 3 is 2.62 bits per heavy atom. The van der Waals surface area contributed by atoms with Crippen molar-refractivity contribution in [1.29, 1.82) is 0 Å². The van der Waals surface area contributed by atoms with Crippen LogP contribution in [0.1, 0.15) is 12.6 Å². The Hall–Kier alpha value is -1.88. The molecule has 0 spiro atoms. The molecule has 2 N–H and O–H groups in total. The Morgan fingerprint density at radius 2 is 2.06 bits per heavy atom. The average Bonchev–Trinajstić information content (AvgIpc) is 2.79. The van der Waals surface area contributed by atoms with Gasteiger partial charge in [0, 0.05) is 6.54 Å². The van der Waals surface area contributed by atoms with E-state index in [9.17, 15) is 0 Å². The van der Waals surface area contributed by atoms with Gasteiger partial charge in [-0.3, -0.25) is 0 Å². The predicted octanol–water partition coefficient (Wildman–Crippen LogP) is 1.12. The van der Waals surface area contributed by atoms with E-state index in [1.807, 2.05) is 31.2 Å². The number of hydrogen-bond acceptors (Lipinski definition) is 4. The van der Waals surface area contributed by atoms with Crippen LogP contribution >= 0.6 is 0 Å². The van der Waals surface area contributed by atoms with Gasteiger partial charge in [-0.15, -0.1) is 0 Å². The average molecular weight is 218 g/mol. The molecule has 1 aromatic carbocycles. The van der Waals surface area contributed by atoms with Gasteiger partial charge in [0.05, 0.1) is 24.2 Å². The lowest BCUT2D eigenvalue weighted by atomic mass is 10.3. The maximum atomic E-state index is 5.47. The molecule has 2 rings (SSSR count). The second kappa shape index (κ2) is 4.76. The van der Waals surface area contributed by atoms with Crippen molar-refractivity contribution < 1.29 is 4.74 Å². The highest BCUT2D eigenvalue weighted by molar-refractivity contribution is 5.35. The van der Waals surface area contributed by atoms with Gasteiger partial charge in [0.2, 0.25) is 0 Å². The molecule has 1 heterocycles. The van der Waals surface area contributed by atoms with Gasteiger partial charge in [-0.1, -0.05) is 0 Å². The smallest absolute Gasteiger partial charge is 0.119 e. The molecule has 0 unspecified atom stereocenters. The van der Waals surface area contributed by atoms with Crippen molar-refractivity contribution in [3.05, 3.63) is 36.2 Å². The monoisotopic (exact) mass is 218 g/mol. The summed E-state index contributed by atoms with van der Waals surface area (Å²) in [5, 5.41) is 8.33. The summed E-state index contributed by atoms with van der Waals surface area (Å²) in [7, 11) is 0. The number of nitrogens with zero attached hydrogens (tertiary/aromatic N) is 3. The zero-order valence-corrected chi connectivity index (χ0v) is 9.13. The zero-order chi connectivity index (χ0) is 11.4. The van der Waals surface area contributed by atoms with E-state index >= 15 is 0 Å². The van der Waals surface area contributed by atoms with Gasteiger partial charge in [-0.25, -0.2) is 0 Å². The number of benzene rings is 1. The SMILES string of the molecule is CCOc1ccc(-n2ncc(CN)n2)cc1. The van der Waals surface area contributed by atoms with Gasteiger partial charge < -0.3 is 10.5 Å². The maximum Gasteiger partial charge on any atom is 0.119 e. The molecular weight excluding hydrogens is 204 g/mol. The molecular formula is C11H14N4O. The Labute approximate surface area is 93.8 Å². The Balaban J connectivity index is 2.20. The second-order valence-corrected chi connectivity index (χ2v) is 3.26. The third-order valence-corrected chi connectivity index (χ3v) is 2.13. The van der Waals surface area contributed by atoms with Crippen LogP contribution < -0.4 is 10.5 Å². The van der Waals surface area contributed by atoms with Crippen LogP contribution in [0.5, 0.6) is 5.75 Å². The molecule has 84 valence electrons. The van der Waals surface area contributed by atoms with Crippen molar-refractivity contribution in [3.8, 4) is 11.4 Å². The van der Waals surface area contributed by atoms with Gasteiger partial charge in [0.25, 0.3) is 0 Å². The molecule has 0 aliphatic heterocycles. The number of ether oxygens (including phenoxy) is 1. The molecule has 0 amide bonds. The predicted molar refractivity (Wildman–Crippen MR) is 60.4 cm³/mol. The van der Waals surface area contributed by atoms with Crippen LogP contribution in [-0.2, 0) is 6.54 Å². The van der Waals surface area contributed by atoms with Crippen LogP contribution in [-0.4, -0.2) is 21.6 Å². The van der Waals surface area contributed by atoms with E-state index in [0.29, 0.717) is 13.2 Å². The van der Waals surface area contributed by atoms with Crippen molar-refractivity contribution >= 4 is 0 Å². The molecule has 0 fully saturated rings. The third kappa shape index (κ3) is 2.20. The first kappa shape index (κ1) is 10.6. The first-order valence-corrected chi connectivity index (χ1v) is 5.18. The van der Waals surface area contributed by atoms with Gasteiger partial charge in [0.15, 0.2) is 0 Å². The van der Waals surface area contributed by atoms with E-state index in [4.69, 9.17) is 10.5 Å². The van der Waals surface area contributed by atoms with Gasteiger partial charge >= 0.3 is 0 Å². The van der Waals surface area contributed by atoms with Crippen molar-refractivity contribution in [2.24, 2.45) is 5.73 Å². The number of rotatable bonds is 4. The Bertz CT molecular complexity index is 449. The molecule has 0 saturated carbocycles. The van der Waals surface area contributed by atoms with Crippen LogP contribution in [0, 0.1) is 0 Å². The summed E-state index contributed by atoms with van der Waals surface area (Å²) in [5.41, 5.74) is 7.13. The van der Waals surface area contributed by atoms with Crippen molar-refractivity contribution in [2.45, 2.75) is 13.5 Å². The minimum Gasteiger partial charge on any atom is -0.494 e. The van der Waals surface area contributed by atoms with E-state index in [-0.39, 0.29) is 0 Å². The molecule has 0 aliphatic carbocycles. The minimum absolute atomic E-state index is 0.400. The summed E-state index contributed by atoms with van der Waals surface area (Å²) >= 11 is 0. The quantitative estimate of drug-likeness (QED) is 0.835. The fourth-order valence-corrected chi connectivity index (χ4v) is 1.35. The Morgan fingerprint density at radius 1 is 1.31 bits per heavy atom. The normalized spacial score (nSPS) is 10.4.